The van der Waals surface area contributed by atoms with Gasteiger partial charge in [-0.15, -0.1) is 22.7 Å². The maximum absolute atomic E-state index is 12.1. The molecule has 5 heterocycles. The van der Waals surface area contributed by atoms with Gasteiger partial charge in [0.15, 0.2) is 0 Å². The first kappa shape index (κ1) is 21.2. The molecule has 170 valence electrons. The van der Waals surface area contributed by atoms with Crippen LogP contribution in [0.2, 0.25) is 0 Å². The molecule has 0 saturated heterocycles. The van der Waals surface area contributed by atoms with Gasteiger partial charge in [-0.3, -0.25) is 9.69 Å². The van der Waals surface area contributed by atoms with Crippen LogP contribution in [0.15, 0.2) is 90.0 Å². The molecule has 0 unspecified atom stereocenters. The highest BCUT2D eigenvalue weighted by molar-refractivity contribution is 7.31. The minimum absolute atomic E-state index is 0.264. The second kappa shape index (κ2) is 8.46. The number of benzene rings is 1. The molecule has 0 aliphatic rings. The van der Waals surface area contributed by atoms with E-state index >= 15 is 0 Å². The number of H-pyrrole nitrogens is 1. The van der Waals surface area contributed by atoms with Gasteiger partial charge in [-0.2, -0.15) is 0 Å². The topological polar surface area (TPSA) is 99.2 Å². The molecule has 0 bridgehead atoms. The summed E-state index contributed by atoms with van der Waals surface area (Å²) in [6.07, 6.45) is 3.53. The van der Waals surface area contributed by atoms with Crippen molar-refractivity contribution in [2.45, 2.75) is 0 Å². The van der Waals surface area contributed by atoms with Crippen molar-refractivity contribution in [3.8, 4) is 10.4 Å². The van der Waals surface area contributed by atoms with E-state index in [2.05, 4.69) is 27.1 Å². The number of rotatable bonds is 5. The second-order valence-electron chi connectivity index (χ2n) is 7.75. The van der Waals surface area contributed by atoms with E-state index in [1.165, 1.54) is 6.07 Å². The summed E-state index contributed by atoms with van der Waals surface area (Å²) >= 11 is 3.31. The number of carboxylic acids is 1. The maximum atomic E-state index is 12.1. The molecule has 0 amide bonds. The molecule has 5 aromatic heterocycles. The zero-order valence-electron chi connectivity index (χ0n) is 18.0. The standard InChI is InChI=1S/C26H16N4O3S2/c31-25-17(26(32)33)11-15-7-8-16(12-18(15)29-25)19-13-20-21(34-19)14-24(35-20)30(22-5-1-3-9-27-22)23-6-2-4-10-28-23/h1-14H,(H,29,31)(H,32,33). The molecule has 0 aliphatic carbocycles. The monoisotopic (exact) mass is 496 g/mol. The van der Waals surface area contributed by atoms with Crippen LogP contribution in [0.3, 0.4) is 0 Å². The average Bonchev–Trinajstić information content (AvgIpc) is 3.44. The fourth-order valence-corrected chi connectivity index (χ4v) is 6.31. The van der Waals surface area contributed by atoms with Gasteiger partial charge < -0.3 is 10.1 Å². The zero-order valence-corrected chi connectivity index (χ0v) is 19.6. The van der Waals surface area contributed by atoms with Crippen molar-refractivity contribution in [2.75, 3.05) is 4.90 Å². The normalized spacial score (nSPS) is 11.2. The molecular weight excluding hydrogens is 480 g/mol. The molecule has 6 aromatic rings. The minimum atomic E-state index is -1.24. The van der Waals surface area contributed by atoms with Crippen molar-refractivity contribution in [1.29, 1.82) is 0 Å². The molecule has 2 N–H and O–H groups in total. The summed E-state index contributed by atoms with van der Waals surface area (Å²) in [5.74, 6) is 0.344. The van der Waals surface area contributed by atoms with E-state index < -0.39 is 11.5 Å². The van der Waals surface area contributed by atoms with Crippen molar-refractivity contribution < 1.29 is 9.90 Å². The third-order valence-corrected chi connectivity index (χ3v) is 7.86. The van der Waals surface area contributed by atoms with Crippen LogP contribution < -0.4 is 10.5 Å². The summed E-state index contributed by atoms with van der Waals surface area (Å²) in [5, 5.41) is 10.9. The molecule has 9 heteroatoms. The van der Waals surface area contributed by atoms with E-state index in [4.69, 9.17) is 0 Å². The lowest BCUT2D eigenvalue weighted by molar-refractivity contribution is 0.0695. The van der Waals surface area contributed by atoms with Gasteiger partial charge in [0, 0.05) is 32.2 Å². The molecule has 1 aromatic carbocycles. The number of hydrogen-bond acceptors (Lipinski definition) is 7. The van der Waals surface area contributed by atoms with Crippen LogP contribution in [0, 0.1) is 0 Å². The number of fused-ring (bicyclic) bond motifs is 2. The maximum Gasteiger partial charge on any atom is 0.341 e. The Morgan fingerprint density at radius 1 is 0.857 bits per heavy atom. The molecule has 0 aliphatic heterocycles. The Labute approximate surface area is 206 Å². The van der Waals surface area contributed by atoms with E-state index in [0.29, 0.717) is 10.9 Å². The molecule has 0 atom stereocenters. The zero-order chi connectivity index (χ0) is 23.9. The van der Waals surface area contributed by atoms with E-state index in [1.807, 2.05) is 59.5 Å². The fourth-order valence-electron chi connectivity index (χ4n) is 3.90. The summed E-state index contributed by atoms with van der Waals surface area (Å²) < 4.78 is 2.26. The molecule has 35 heavy (non-hydrogen) atoms. The van der Waals surface area contributed by atoms with E-state index in [-0.39, 0.29) is 5.56 Å². The lowest BCUT2D eigenvalue weighted by Crippen LogP contribution is -2.16. The Kier molecular flexibility index (Phi) is 5.13. The predicted octanol–water partition coefficient (Wildman–Crippen LogP) is 6.43. The van der Waals surface area contributed by atoms with Crippen LogP contribution in [0.1, 0.15) is 10.4 Å². The fraction of sp³-hybridized carbons (Fsp3) is 0. The number of aromatic nitrogens is 3. The van der Waals surface area contributed by atoms with Crippen molar-refractivity contribution in [3.63, 3.8) is 0 Å². The quantitative estimate of drug-likeness (QED) is 0.285. The first-order valence-corrected chi connectivity index (χ1v) is 12.3. The first-order valence-electron chi connectivity index (χ1n) is 10.6. The predicted molar refractivity (Wildman–Crippen MR) is 140 cm³/mol. The Morgan fingerprint density at radius 3 is 2.20 bits per heavy atom. The number of nitrogens with one attached hydrogen (secondary N) is 1. The number of nitrogens with zero attached hydrogens (tertiary/aromatic N) is 3. The molecular formula is C26H16N4O3S2. The van der Waals surface area contributed by atoms with E-state index in [0.717, 1.165) is 36.5 Å². The first-order chi connectivity index (χ1) is 17.1. The van der Waals surface area contributed by atoms with Crippen molar-refractivity contribution in [2.24, 2.45) is 0 Å². The highest BCUT2D eigenvalue weighted by atomic mass is 32.1. The van der Waals surface area contributed by atoms with Crippen molar-refractivity contribution in [3.05, 3.63) is 101 Å². The number of aromatic carboxylic acids is 1. The summed E-state index contributed by atoms with van der Waals surface area (Å²) in [5.41, 5.74) is 0.687. The summed E-state index contributed by atoms with van der Waals surface area (Å²) in [7, 11) is 0. The summed E-state index contributed by atoms with van der Waals surface area (Å²) in [6.45, 7) is 0. The van der Waals surface area contributed by atoms with Crippen LogP contribution in [-0.2, 0) is 0 Å². The molecule has 0 spiro atoms. The minimum Gasteiger partial charge on any atom is -0.477 e. The third-order valence-electron chi connectivity index (χ3n) is 5.53. The second-order valence-corrected chi connectivity index (χ2v) is 9.90. The number of pyridine rings is 3. The molecule has 0 saturated carbocycles. The molecule has 0 radical (unpaired) electrons. The van der Waals surface area contributed by atoms with Crippen LogP contribution in [0.4, 0.5) is 16.6 Å². The SMILES string of the molecule is O=C(O)c1cc2ccc(-c3cc4sc(N(c5ccccn5)c5ccccn5)cc4s3)cc2[nH]c1=O. The van der Waals surface area contributed by atoms with Gasteiger partial charge in [-0.05, 0) is 59.5 Å². The average molecular weight is 497 g/mol. The Morgan fingerprint density at radius 2 is 1.57 bits per heavy atom. The molecule has 7 nitrogen and oxygen atoms in total. The third kappa shape index (κ3) is 3.86. The van der Waals surface area contributed by atoms with Crippen molar-refractivity contribution >= 4 is 65.6 Å². The van der Waals surface area contributed by atoms with Gasteiger partial charge in [0.25, 0.3) is 5.56 Å². The largest absolute Gasteiger partial charge is 0.477 e. The molecule has 6 rings (SSSR count). The number of hydrogen-bond donors (Lipinski definition) is 2. The highest BCUT2D eigenvalue weighted by Crippen LogP contribution is 2.45. The Balaban J connectivity index is 1.40. The number of anilines is 3. The number of carbonyl (C=O) groups is 1. The lowest BCUT2D eigenvalue weighted by atomic mass is 10.1. The summed E-state index contributed by atoms with van der Waals surface area (Å²) in [6, 6.07) is 22.9. The Bertz CT molecular complexity index is 1690. The van der Waals surface area contributed by atoms with Crippen LogP contribution in [-0.4, -0.2) is 26.0 Å². The van der Waals surface area contributed by atoms with Gasteiger partial charge in [-0.1, -0.05) is 24.3 Å². The van der Waals surface area contributed by atoms with Crippen LogP contribution in [0.25, 0.3) is 30.7 Å². The smallest absolute Gasteiger partial charge is 0.341 e. The van der Waals surface area contributed by atoms with Crippen LogP contribution in [0.5, 0.6) is 0 Å². The van der Waals surface area contributed by atoms with E-state index in [1.54, 1.807) is 35.1 Å². The number of carboxylic acid groups (broad SMARTS) is 1. The summed E-state index contributed by atoms with van der Waals surface area (Å²) in [4.78, 5) is 38.2. The molecule has 0 fully saturated rings. The van der Waals surface area contributed by atoms with Crippen LogP contribution >= 0.6 is 22.7 Å². The lowest BCUT2D eigenvalue weighted by Gasteiger charge is -2.20. The number of aromatic amines is 1. The van der Waals surface area contributed by atoms with Gasteiger partial charge in [0.05, 0.1) is 0 Å². The van der Waals surface area contributed by atoms with Gasteiger partial charge in [-0.25, -0.2) is 14.8 Å². The van der Waals surface area contributed by atoms with Crippen molar-refractivity contribution in [1.82, 2.24) is 15.0 Å². The Hall–Kier alpha value is -4.34. The number of thiophene rings is 2. The van der Waals surface area contributed by atoms with Gasteiger partial charge >= 0.3 is 5.97 Å². The highest BCUT2D eigenvalue weighted by Gasteiger charge is 2.19. The van der Waals surface area contributed by atoms with Gasteiger partial charge in [0.1, 0.15) is 22.2 Å². The van der Waals surface area contributed by atoms with E-state index in [9.17, 15) is 14.7 Å². The van der Waals surface area contributed by atoms with Gasteiger partial charge in [0.2, 0.25) is 0 Å².